The highest BCUT2D eigenvalue weighted by atomic mass is 32.1. The Balaban J connectivity index is -0.000000108. The molecule has 0 rings (SSSR count). The number of ether oxygens (including phenoxy) is 1. The molecule has 0 bridgehead atoms. The third-order valence-electron chi connectivity index (χ3n) is 3.29. The number of carbonyl (C=O) groups is 3. The molecule has 0 saturated carbocycles. The molecule has 0 heterocycles. The molecule has 206 valence electrons. The van der Waals surface area contributed by atoms with Crippen LogP contribution >= 0.6 is 12.2 Å². The van der Waals surface area contributed by atoms with Gasteiger partial charge < -0.3 is 35.4 Å². The Labute approximate surface area is 214 Å². The second-order valence-electron chi connectivity index (χ2n) is 7.47. The molecule has 0 spiro atoms. The summed E-state index contributed by atoms with van der Waals surface area (Å²) in [6.07, 6.45) is 3.14. The lowest BCUT2D eigenvalue weighted by molar-refractivity contribution is -0.133. The number of carboxylic acids is 3. The van der Waals surface area contributed by atoms with Crippen LogP contribution in [0.3, 0.4) is 0 Å². The van der Waals surface area contributed by atoms with Crippen LogP contribution in [0.1, 0.15) is 60.8 Å². The van der Waals surface area contributed by atoms with Crippen molar-refractivity contribution in [2.45, 2.75) is 60.8 Å². The number of unbranched alkanes of at least 4 members (excludes halogenated alkanes) is 1. The lowest BCUT2D eigenvalue weighted by Crippen LogP contribution is -2.29. The first kappa shape index (κ1) is 42.6. The van der Waals surface area contributed by atoms with Gasteiger partial charge in [-0.25, -0.2) is 14.4 Å². The van der Waals surface area contributed by atoms with Gasteiger partial charge in [-0.05, 0) is 39.4 Å². The van der Waals surface area contributed by atoms with Crippen LogP contribution in [0.25, 0.3) is 0 Å². The van der Waals surface area contributed by atoms with Crippen molar-refractivity contribution in [2.24, 2.45) is 5.41 Å². The second-order valence-corrected chi connectivity index (χ2v) is 7.92. The van der Waals surface area contributed by atoms with E-state index in [9.17, 15) is 14.4 Å². The molecule has 0 aliphatic heterocycles. The molecule has 0 saturated heterocycles. The summed E-state index contributed by atoms with van der Waals surface area (Å²) in [5.74, 6) is -2.81. The summed E-state index contributed by atoms with van der Waals surface area (Å²) in [6.45, 7) is 19.8. The molecule has 0 aromatic heterocycles. The van der Waals surface area contributed by atoms with Gasteiger partial charge in [-0.2, -0.15) is 0 Å². The molecule has 0 aromatic rings. The smallest absolute Gasteiger partial charge is 0.330 e. The number of aliphatic hydroxyl groups excluding tert-OH is 3. The molecule has 35 heavy (non-hydrogen) atoms. The number of thiocarbonyl (C=S) groups is 1. The summed E-state index contributed by atoms with van der Waals surface area (Å²) in [4.78, 5) is 28.8. The van der Waals surface area contributed by atoms with Crippen LogP contribution < -0.4 is 0 Å². The largest absolute Gasteiger partial charge is 0.487 e. The van der Waals surface area contributed by atoms with Gasteiger partial charge >= 0.3 is 17.9 Å². The fraction of sp³-hybridized carbons (Fsp3) is 0.583. The summed E-state index contributed by atoms with van der Waals surface area (Å²) in [5, 5.41) is 49.8. The van der Waals surface area contributed by atoms with Crippen LogP contribution in [0.5, 0.6) is 0 Å². The molecule has 11 heteroatoms. The van der Waals surface area contributed by atoms with E-state index in [0.29, 0.717) is 0 Å². The molecule has 0 atom stereocenters. The first-order valence-corrected chi connectivity index (χ1v) is 11.0. The zero-order valence-corrected chi connectivity index (χ0v) is 22.6. The molecule has 0 aliphatic carbocycles. The van der Waals surface area contributed by atoms with Crippen molar-refractivity contribution in [1.29, 1.82) is 0 Å². The van der Waals surface area contributed by atoms with Gasteiger partial charge in [-0.1, -0.05) is 46.9 Å². The average Bonchev–Trinajstić information content (AvgIpc) is 2.80. The van der Waals surface area contributed by atoms with Crippen LogP contribution in [0.4, 0.5) is 0 Å². The summed E-state index contributed by atoms with van der Waals surface area (Å²) < 4.78 is 5.16. The Morgan fingerprint density at radius 2 is 1.03 bits per heavy atom. The number of carboxylic acid groups (broad SMARTS) is 3. The van der Waals surface area contributed by atoms with Crippen molar-refractivity contribution in [2.75, 3.05) is 26.4 Å². The number of rotatable bonds is 10. The highest BCUT2D eigenvalue weighted by molar-refractivity contribution is 7.80. The fourth-order valence-electron chi connectivity index (χ4n) is 0.582. The molecule has 0 aromatic carbocycles. The standard InChI is InChI=1S/C7H14OS.C5H12O3.3C4H6O2/c1-3-5-6-8-7(9)4-2;1-5(2-6,3-7)4-8;3*1-3(2)4(5)6/h3-6H2,1-2H3;6-8H,2-4H2,1H3;3*1H2,2H3,(H,5,6). The van der Waals surface area contributed by atoms with Crippen LogP contribution in [0.15, 0.2) is 36.5 Å². The molecule has 10 nitrogen and oxygen atoms in total. The fourth-order valence-corrected chi connectivity index (χ4v) is 0.666. The van der Waals surface area contributed by atoms with Crippen molar-refractivity contribution >= 4 is 35.2 Å². The van der Waals surface area contributed by atoms with Crippen LogP contribution in [0.2, 0.25) is 0 Å². The Kier molecular flexibility index (Phi) is 33.6. The zero-order valence-electron chi connectivity index (χ0n) is 21.8. The van der Waals surface area contributed by atoms with Gasteiger partial charge in [0.05, 0.1) is 26.4 Å². The van der Waals surface area contributed by atoms with Crippen LogP contribution in [-0.2, 0) is 19.1 Å². The van der Waals surface area contributed by atoms with E-state index < -0.39 is 23.3 Å². The van der Waals surface area contributed by atoms with Crippen molar-refractivity contribution in [3.63, 3.8) is 0 Å². The molecular formula is C24H44O10S. The molecule has 0 unspecified atom stereocenters. The number of aliphatic hydroxyl groups is 3. The van der Waals surface area contributed by atoms with E-state index in [1.54, 1.807) is 6.92 Å². The number of hydrogen-bond acceptors (Lipinski definition) is 8. The van der Waals surface area contributed by atoms with E-state index in [1.165, 1.54) is 27.2 Å². The lowest BCUT2D eigenvalue weighted by Gasteiger charge is -2.20. The van der Waals surface area contributed by atoms with Gasteiger partial charge in [0.25, 0.3) is 0 Å². The monoisotopic (exact) mass is 524 g/mol. The minimum atomic E-state index is -0.935. The average molecular weight is 525 g/mol. The van der Waals surface area contributed by atoms with Gasteiger partial charge in [0.15, 0.2) is 5.05 Å². The number of hydrogen-bond donors (Lipinski definition) is 6. The molecule has 0 amide bonds. The molecule has 0 aliphatic rings. The Hall–Kier alpha value is -2.60. The third-order valence-corrected chi connectivity index (χ3v) is 3.70. The molecular weight excluding hydrogens is 480 g/mol. The number of aliphatic carboxylic acids is 3. The van der Waals surface area contributed by atoms with E-state index in [-0.39, 0.29) is 36.5 Å². The zero-order chi connectivity index (χ0) is 29.2. The predicted octanol–water partition coefficient (Wildman–Crippen LogP) is 3.45. The Morgan fingerprint density at radius 3 is 1.14 bits per heavy atom. The minimum absolute atomic E-state index is 0.176. The maximum atomic E-state index is 9.60. The van der Waals surface area contributed by atoms with Gasteiger partial charge in [-0.15, -0.1) is 0 Å². The third kappa shape index (κ3) is 42.1. The van der Waals surface area contributed by atoms with Gasteiger partial charge in [0.1, 0.15) is 0 Å². The lowest BCUT2D eigenvalue weighted by atomic mass is 9.95. The topological polar surface area (TPSA) is 182 Å². The molecule has 0 radical (unpaired) electrons. The van der Waals surface area contributed by atoms with E-state index in [2.05, 4.69) is 26.7 Å². The van der Waals surface area contributed by atoms with Gasteiger partial charge in [0.2, 0.25) is 0 Å². The first-order valence-electron chi connectivity index (χ1n) is 10.6. The highest BCUT2D eigenvalue weighted by Crippen LogP contribution is 2.11. The summed E-state index contributed by atoms with van der Waals surface area (Å²) in [5.41, 5.74) is -0.181. The minimum Gasteiger partial charge on any atom is -0.487 e. The van der Waals surface area contributed by atoms with Crippen molar-refractivity contribution in [1.82, 2.24) is 0 Å². The van der Waals surface area contributed by atoms with Crippen molar-refractivity contribution in [3.8, 4) is 0 Å². The summed E-state index contributed by atoms with van der Waals surface area (Å²) >= 11 is 4.85. The maximum absolute atomic E-state index is 9.60. The van der Waals surface area contributed by atoms with E-state index in [0.717, 1.165) is 24.5 Å². The summed E-state index contributed by atoms with van der Waals surface area (Å²) in [7, 11) is 0. The maximum Gasteiger partial charge on any atom is 0.330 e. The Bertz CT molecular complexity index is 551. The van der Waals surface area contributed by atoms with Crippen molar-refractivity contribution in [3.05, 3.63) is 36.5 Å². The van der Waals surface area contributed by atoms with Crippen LogP contribution in [0, 0.1) is 5.41 Å². The molecule has 6 N–H and O–H groups in total. The SMILES string of the molecule is C=C(C)C(=O)O.C=C(C)C(=O)O.C=C(C)C(=O)O.CC(CO)(CO)CO.CCCCOC(=S)CC. The molecule has 0 fully saturated rings. The normalized spacial score (nSPS) is 8.94. The van der Waals surface area contributed by atoms with E-state index in [4.69, 9.17) is 47.6 Å². The van der Waals surface area contributed by atoms with Gasteiger partial charge in [0, 0.05) is 28.6 Å². The van der Waals surface area contributed by atoms with Crippen LogP contribution in [-0.4, -0.2) is 80.0 Å². The second kappa shape index (κ2) is 27.6. The van der Waals surface area contributed by atoms with E-state index >= 15 is 0 Å². The Morgan fingerprint density at radius 1 is 0.771 bits per heavy atom. The van der Waals surface area contributed by atoms with Crippen molar-refractivity contribution < 1.29 is 49.8 Å². The predicted molar refractivity (Wildman–Crippen MR) is 140 cm³/mol. The highest BCUT2D eigenvalue weighted by Gasteiger charge is 2.20. The quantitative estimate of drug-likeness (QED) is 0.140. The first-order chi connectivity index (χ1) is 15.9. The summed E-state index contributed by atoms with van der Waals surface area (Å²) in [6, 6.07) is 0. The van der Waals surface area contributed by atoms with Gasteiger partial charge in [-0.3, -0.25) is 0 Å². The van der Waals surface area contributed by atoms with E-state index in [1.807, 2.05) is 6.92 Å².